The molecule has 0 aliphatic rings. The number of fused-ring (bicyclic) bond motifs is 5. The number of aromatic nitrogens is 12. The van der Waals surface area contributed by atoms with Gasteiger partial charge in [-0.2, -0.15) is 39.5 Å². The molecule has 137 heavy (non-hydrogen) atoms. The molecule has 11 N–H and O–H groups in total. The van der Waals surface area contributed by atoms with Crippen LogP contribution in [0.15, 0.2) is 250 Å². The number of rotatable bonds is 24. The highest BCUT2D eigenvalue weighted by molar-refractivity contribution is 6.05. The van der Waals surface area contributed by atoms with E-state index in [1.807, 2.05) is 67.6 Å². The minimum absolute atomic E-state index is 0.0204. The Balaban J connectivity index is 0.000000146. The summed E-state index contributed by atoms with van der Waals surface area (Å²) in [5.74, 6) is -1.86. The van der Waals surface area contributed by atoms with Gasteiger partial charge in [0.2, 0.25) is 16.8 Å². The molecule has 0 bridgehead atoms. The quantitative estimate of drug-likeness (QED) is 0.0276. The summed E-state index contributed by atoms with van der Waals surface area (Å²) in [6.45, 7) is 11.0. The Morgan fingerprint density at radius 1 is 0.372 bits per heavy atom. The highest BCUT2D eigenvalue weighted by atomic mass is 19.4. The number of amides is 4. The van der Waals surface area contributed by atoms with E-state index >= 15 is 0 Å². The van der Waals surface area contributed by atoms with E-state index in [0.29, 0.717) is 78.3 Å². The molecule has 0 saturated heterocycles. The van der Waals surface area contributed by atoms with Crippen molar-refractivity contribution in [2.45, 2.75) is 128 Å². The van der Waals surface area contributed by atoms with Gasteiger partial charge in [0.15, 0.2) is 0 Å². The normalized spacial score (nSPS) is 13.1. The number of aryl methyl sites for hydroxylation is 1. The number of nitrogens with two attached hydrogens (primary N) is 4. The predicted molar refractivity (Wildman–Crippen MR) is 492 cm³/mol. The number of ether oxygens (including phenoxy) is 1. The Bertz CT molecular complexity index is 7220. The maximum absolute atomic E-state index is 13.5. The zero-order valence-electron chi connectivity index (χ0n) is 74.3. The van der Waals surface area contributed by atoms with Crippen LogP contribution in [0.5, 0.6) is 5.75 Å². The number of hydrogen-bond acceptors (Lipinski definition) is 16. The minimum Gasteiger partial charge on any atom is -0.496 e. The summed E-state index contributed by atoms with van der Waals surface area (Å²) in [7, 11) is 1.59. The number of hydrogen-bond donors (Lipinski definition) is 7. The molecule has 3 atom stereocenters. The van der Waals surface area contributed by atoms with E-state index in [1.54, 1.807) is 98.1 Å². The number of nitrogens with zero attached hydrogens (tertiary/aromatic N) is 12. The lowest BCUT2D eigenvalue weighted by molar-refractivity contribution is -0.269. The molecule has 17 rings (SSSR count). The molecular formula is C101H88F12N16O8. The molecule has 704 valence electrons. The third-order valence-corrected chi connectivity index (χ3v) is 23.4. The number of carbonyl (C=O) groups excluding carboxylic acids is 4. The van der Waals surface area contributed by atoms with Gasteiger partial charge in [0.25, 0.3) is 23.6 Å². The lowest BCUT2D eigenvalue weighted by Crippen LogP contribution is -2.42. The fourth-order valence-corrected chi connectivity index (χ4v) is 16.0. The highest BCUT2D eigenvalue weighted by Gasteiger charge is 2.57. The summed E-state index contributed by atoms with van der Waals surface area (Å²) in [4.78, 5) is 81.3. The van der Waals surface area contributed by atoms with Crippen LogP contribution in [-0.4, -0.2) is 123 Å². The van der Waals surface area contributed by atoms with Crippen molar-refractivity contribution in [1.82, 2.24) is 58.1 Å². The van der Waals surface area contributed by atoms with Crippen LogP contribution in [-0.2, 0) is 43.0 Å². The topological polar surface area (TPSA) is 365 Å². The average molecular weight is 1880 g/mol. The number of alkyl halides is 9. The molecule has 0 radical (unpaired) electrons. The average Bonchev–Trinajstić information content (AvgIpc) is 1.74. The predicted octanol–water partition coefficient (Wildman–Crippen LogP) is 19.5. The number of halogens is 12. The third kappa shape index (κ3) is 20.7. The maximum Gasteiger partial charge on any atom is 0.423 e. The van der Waals surface area contributed by atoms with E-state index in [0.717, 1.165) is 79.2 Å². The standard InChI is InChI=1S/C27H23FN4O.C26H25F3N4O3.2C24H20F4N4O2/c1-16(2)27-31-22-5-3-4-6-25(22)32(27)15-17-7-12-20-21(18-8-10-19(28)11-9-18)14-24(26(29)33)30-23(20)13-17;1-4-25(35,26(27,28)29)23-13-33(14-31-23)12-16-5-7-18-19(11-21(24(30)34)32-20(18)10-16)17-6-8-22(36-3)15(2)9-17;2*1-2-23(34,24(26,27)28)21-12-32(13-30-21)11-14-3-8-17-18(15-4-6-16(25)7-5-15)10-20(22(29)33)31-19(17)9-14/h3-14,16H,15H2,1-2H3,(H2,29,33);5-11,13-14,35H,4,12H2,1-3H3,(H2,30,34);2*3-10,12-13,34H,2,11H2,1H3,(H2,29,33)/t;;2*23-/m..10/s1. The van der Waals surface area contributed by atoms with Crippen LogP contribution in [0, 0.1) is 24.4 Å². The summed E-state index contributed by atoms with van der Waals surface area (Å²) < 4.78 is 172. The highest BCUT2D eigenvalue weighted by Crippen LogP contribution is 2.45. The Morgan fingerprint density at radius 2 is 0.664 bits per heavy atom. The van der Waals surface area contributed by atoms with Crippen molar-refractivity contribution in [2.24, 2.45) is 22.9 Å². The van der Waals surface area contributed by atoms with Crippen LogP contribution in [0.3, 0.4) is 0 Å². The van der Waals surface area contributed by atoms with Crippen LogP contribution < -0.4 is 27.7 Å². The summed E-state index contributed by atoms with van der Waals surface area (Å²) >= 11 is 0. The fourth-order valence-electron chi connectivity index (χ4n) is 16.0. The van der Waals surface area contributed by atoms with Crippen LogP contribution in [0.4, 0.5) is 52.7 Å². The number of primary amides is 4. The van der Waals surface area contributed by atoms with Crippen molar-refractivity contribution in [3.05, 3.63) is 341 Å². The third-order valence-electron chi connectivity index (χ3n) is 23.4. The number of para-hydroxylation sites is 2. The van der Waals surface area contributed by atoms with Crippen LogP contribution in [0.2, 0.25) is 0 Å². The molecule has 17 aromatic rings. The van der Waals surface area contributed by atoms with Gasteiger partial charge in [-0.15, -0.1) is 0 Å². The van der Waals surface area contributed by atoms with Crippen molar-refractivity contribution < 1.29 is 91.9 Å². The second-order valence-corrected chi connectivity index (χ2v) is 32.9. The van der Waals surface area contributed by atoms with E-state index in [-0.39, 0.29) is 54.1 Å². The zero-order valence-corrected chi connectivity index (χ0v) is 74.3. The fraction of sp³-hybridized carbons (Fsp3) is 0.208. The number of pyridine rings is 4. The number of imidazole rings is 4. The second-order valence-electron chi connectivity index (χ2n) is 32.9. The van der Waals surface area contributed by atoms with Gasteiger partial charge < -0.3 is 61.3 Å². The van der Waals surface area contributed by atoms with Crippen molar-refractivity contribution in [2.75, 3.05) is 7.11 Å². The Labute approximate surface area is 774 Å². The monoisotopic (exact) mass is 1880 g/mol. The molecule has 0 fully saturated rings. The van der Waals surface area contributed by atoms with Gasteiger partial charge in [-0.3, -0.25) is 19.2 Å². The van der Waals surface area contributed by atoms with E-state index in [1.165, 1.54) is 108 Å². The lowest BCUT2D eigenvalue weighted by atomic mass is 9.96. The lowest BCUT2D eigenvalue weighted by Gasteiger charge is -2.27. The molecule has 0 saturated carbocycles. The Kier molecular flexibility index (Phi) is 27.9. The van der Waals surface area contributed by atoms with Gasteiger partial charge in [-0.1, -0.05) is 138 Å². The summed E-state index contributed by atoms with van der Waals surface area (Å²) in [5, 5.41) is 33.4. The Hall–Kier alpha value is -15.6. The molecule has 4 amide bonds. The molecule has 8 heterocycles. The molecule has 24 nitrogen and oxygen atoms in total. The minimum atomic E-state index is -4.87. The first-order valence-corrected chi connectivity index (χ1v) is 42.7. The molecule has 0 aliphatic carbocycles. The van der Waals surface area contributed by atoms with Crippen LogP contribution in [0.25, 0.3) is 99.2 Å². The first kappa shape index (κ1) is 97.5. The zero-order chi connectivity index (χ0) is 98.7. The van der Waals surface area contributed by atoms with Crippen molar-refractivity contribution in [1.29, 1.82) is 0 Å². The van der Waals surface area contributed by atoms with Gasteiger partial charge in [-0.05, 0) is 208 Å². The molecular weight excluding hydrogens is 1790 g/mol. The van der Waals surface area contributed by atoms with Crippen molar-refractivity contribution >= 4 is 78.3 Å². The van der Waals surface area contributed by atoms with Crippen molar-refractivity contribution in [3.63, 3.8) is 0 Å². The number of aliphatic hydroxyl groups is 3. The number of benzene rings is 9. The van der Waals surface area contributed by atoms with Gasteiger partial charge in [0.1, 0.15) is 51.8 Å². The van der Waals surface area contributed by atoms with E-state index in [4.69, 9.17) is 32.7 Å². The van der Waals surface area contributed by atoms with Gasteiger partial charge >= 0.3 is 18.5 Å². The molecule has 8 aromatic heterocycles. The first-order chi connectivity index (χ1) is 64.9. The first-order valence-electron chi connectivity index (χ1n) is 42.7. The number of methoxy groups -OCH3 is 1. The Morgan fingerprint density at radius 3 is 0.942 bits per heavy atom. The molecule has 0 aliphatic heterocycles. The van der Waals surface area contributed by atoms with Gasteiger partial charge in [-0.25, -0.2) is 53.0 Å². The van der Waals surface area contributed by atoms with Crippen LogP contribution >= 0.6 is 0 Å². The molecule has 9 aromatic carbocycles. The van der Waals surface area contributed by atoms with E-state index in [9.17, 15) is 87.2 Å². The van der Waals surface area contributed by atoms with E-state index in [2.05, 4.69) is 65.4 Å². The van der Waals surface area contributed by atoms with Crippen molar-refractivity contribution in [3.8, 4) is 50.3 Å². The number of carbonyl (C=O) groups is 4. The molecule has 1 unspecified atom stereocenters. The second kappa shape index (κ2) is 39.2. The summed E-state index contributed by atoms with van der Waals surface area (Å²) in [6.07, 6.45) is -9.14. The molecule has 36 heteroatoms. The van der Waals surface area contributed by atoms with Gasteiger partial charge in [0.05, 0.1) is 76.3 Å². The summed E-state index contributed by atoms with van der Waals surface area (Å²) in [5.41, 5.74) is 25.6. The largest absolute Gasteiger partial charge is 0.496 e. The SMILES string of the molecule is CC(C)c1nc2ccccc2n1Cc1ccc2c(-c3ccc(F)cc3)cc(C(N)=O)nc2c1.CCC(O)(c1cn(Cc2ccc3c(-c4ccc(OC)c(C)c4)cc(C(N)=O)nc3c2)cn1)C(F)(F)F.CC[C@@](O)(c1cn(Cc2ccc3c(-c4ccc(F)cc4)cc(C(N)=O)nc3c2)cn1)C(F)(F)F.CC[C@](O)(c1cn(Cc2ccc3c(-c4ccc(F)cc4)cc(C(N)=O)nc3c2)cn1)C(F)(F)F. The van der Waals surface area contributed by atoms with Crippen LogP contribution in [0.1, 0.15) is 152 Å². The molecule has 0 spiro atoms. The van der Waals surface area contributed by atoms with Gasteiger partial charge in [0, 0.05) is 72.2 Å². The van der Waals surface area contributed by atoms with E-state index < -0.39 is 107 Å². The summed E-state index contributed by atoms with van der Waals surface area (Å²) in [6, 6.07) is 59.7. The smallest absolute Gasteiger partial charge is 0.423 e. The maximum atomic E-state index is 13.5.